The maximum Gasteiger partial charge on any atom is 0.271 e. The van der Waals surface area contributed by atoms with Crippen molar-refractivity contribution in [3.05, 3.63) is 50.6 Å². The molecular formula is C12H9ClN4O3S. The number of fused-ring (bicyclic) bond motifs is 1. The fourth-order valence-electron chi connectivity index (χ4n) is 1.87. The SMILES string of the molecule is NCc1c(Oc2ccc([N+](=O)[O-])cc2Cl)nc2sccn12. The molecule has 108 valence electrons. The highest BCUT2D eigenvalue weighted by Gasteiger charge is 2.16. The van der Waals surface area contributed by atoms with Gasteiger partial charge in [0.2, 0.25) is 5.88 Å². The highest BCUT2D eigenvalue weighted by molar-refractivity contribution is 7.15. The van der Waals surface area contributed by atoms with E-state index in [1.54, 1.807) is 0 Å². The largest absolute Gasteiger partial charge is 0.436 e. The van der Waals surface area contributed by atoms with Crippen molar-refractivity contribution in [1.82, 2.24) is 9.38 Å². The van der Waals surface area contributed by atoms with Crippen molar-refractivity contribution in [1.29, 1.82) is 0 Å². The van der Waals surface area contributed by atoms with E-state index in [0.29, 0.717) is 17.3 Å². The molecule has 0 atom stereocenters. The van der Waals surface area contributed by atoms with Crippen molar-refractivity contribution in [3.63, 3.8) is 0 Å². The zero-order valence-electron chi connectivity index (χ0n) is 10.5. The summed E-state index contributed by atoms with van der Waals surface area (Å²) < 4.78 is 7.48. The third-order valence-electron chi connectivity index (χ3n) is 2.85. The van der Waals surface area contributed by atoms with Gasteiger partial charge in [-0.15, -0.1) is 11.3 Å². The number of hydrogen-bond donors (Lipinski definition) is 1. The van der Waals surface area contributed by atoms with E-state index in [1.165, 1.54) is 29.5 Å². The summed E-state index contributed by atoms with van der Waals surface area (Å²) in [5, 5.41) is 12.7. The number of ether oxygens (including phenoxy) is 1. The quantitative estimate of drug-likeness (QED) is 0.587. The fraction of sp³-hybridized carbons (Fsp3) is 0.0833. The molecule has 0 amide bonds. The number of benzene rings is 1. The van der Waals surface area contributed by atoms with Gasteiger partial charge < -0.3 is 10.5 Å². The lowest BCUT2D eigenvalue weighted by atomic mass is 10.3. The fourth-order valence-corrected chi connectivity index (χ4v) is 2.81. The Hall–Kier alpha value is -2.16. The number of nitro groups is 1. The normalized spacial score (nSPS) is 11.0. The first-order valence-corrected chi connectivity index (χ1v) is 7.12. The van der Waals surface area contributed by atoms with E-state index >= 15 is 0 Å². The lowest BCUT2D eigenvalue weighted by Crippen LogP contribution is -2.02. The van der Waals surface area contributed by atoms with Crippen LogP contribution in [-0.2, 0) is 6.54 Å². The Labute approximate surface area is 127 Å². The van der Waals surface area contributed by atoms with E-state index < -0.39 is 4.92 Å². The maximum atomic E-state index is 10.7. The highest BCUT2D eigenvalue weighted by Crippen LogP contribution is 2.34. The van der Waals surface area contributed by atoms with Gasteiger partial charge in [-0.1, -0.05) is 11.6 Å². The number of thiazole rings is 1. The Morgan fingerprint density at radius 1 is 1.52 bits per heavy atom. The van der Waals surface area contributed by atoms with Crippen LogP contribution in [0.25, 0.3) is 4.96 Å². The molecule has 0 spiro atoms. The molecule has 9 heteroatoms. The van der Waals surface area contributed by atoms with Gasteiger partial charge >= 0.3 is 0 Å². The van der Waals surface area contributed by atoms with Gasteiger partial charge in [-0.2, -0.15) is 4.98 Å². The summed E-state index contributed by atoms with van der Waals surface area (Å²) >= 11 is 7.45. The minimum Gasteiger partial charge on any atom is -0.436 e. The first kappa shape index (κ1) is 13.8. The molecule has 1 aromatic carbocycles. The van der Waals surface area contributed by atoms with Gasteiger partial charge in [-0.25, -0.2) is 0 Å². The van der Waals surface area contributed by atoms with Gasteiger partial charge in [0.15, 0.2) is 4.96 Å². The molecule has 2 N–H and O–H groups in total. The van der Waals surface area contributed by atoms with E-state index in [9.17, 15) is 10.1 Å². The van der Waals surface area contributed by atoms with Crippen LogP contribution in [-0.4, -0.2) is 14.3 Å². The number of rotatable bonds is 4. The van der Waals surface area contributed by atoms with Gasteiger partial charge in [0.25, 0.3) is 5.69 Å². The second-order valence-corrected chi connectivity index (χ2v) is 5.38. The van der Waals surface area contributed by atoms with Crippen molar-refractivity contribution in [2.75, 3.05) is 0 Å². The number of non-ortho nitro benzene ring substituents is 1. The minimum atomic E-state index is -0.520. The molecule has 0 saturated heterocycles. The zero-order valence-corrected chi connectivity index (χ0v) is 12.1. The van der Waals surface area contributed by atoms with Gasteiger partial charge in [-0.3, -0.25) is 14.5 Å². The molecule has 0 radical (unpaired) electrons. The van der Waals surface area contributed by atoms with Crippen LogP contribution >= 0.6 is 22.9 Å². The van der Waals surface area contributed by atoms with Crippen LogP contribution in [0.3, 0.4) is 0 Å². The number of nitro benzene ring substituents is 1. The average Bonchev–Trinajstić information content (AvgIpc) is 3.00. The smallest absolute Gasteiger partial charge is 0.271 e. The molecule has 0 bridgehead atoms. The number of aromatic nitrogens is 2. The summed E-state index contributed by atoms with van der Waals surface area (Å²) in [5.74, 6) is 0.642. The summed E-state index contributed by atoms with van der Waals surface area (Å²) in [4.78, 5) is 15.2. The zero-order chi connectivity index (χ0) is 15.0. The topological polar surface area (TPSA) is 95.7 Å². The molecule has 21 heavy (non-hydrogen) atoms. The summed E-state index contributed by atoms with van der Waals surface area (Å²) in [6, 6.07) is 3.99. The molecule has 3 aromatic rings. The van der Waals surface area contributed by atoms with Crippen molar-refractivity contribution < 1.29 is 9.66 Å². The van der Waals surface area contributed by atoms with E-state index in [0.717, 1.165) is 4.96 Å². The second-order valence-electron chi connectivity index (χ2n) is 4.10. The van der Waals surface area contributed by atoms with E-state index in [4.69, 9.17) is 22.1 Å². The van der Waals surface area contributed by atoms with Crippen molar-refractivity contribution in [2.45, 2.75) is 6.54 Å². The standard InChI is InChI=1S/C12H9ClN4O3S/c13-8-5-7(17(18)19)1-2-10(8)20-11-9(6-14)16-3-4-21-12(16)15-11/h1-5H,6,14H2. The molecule has 2 aromatic heterocycles. The van der Waals surface area contributed by atoms with Gasteiger partial charge in [-0.05, 0) is 6.07 Å². The summed E-state index contributed by atoms with van der Waals surface area (Å²) in [6.45, 7) is 0.248. The van der Waals surface area contributed by atoms with Crippen LogP contribution in [0.1, 0.15) is 5.69 Å². The molecule has 0 saturated carbocycles. The van der Waals surface area contributed by atoms with Crippen LogP contribution in [0, 0.1) is 10.1 Å². The summed E-state index contributed by atoms with van der Waals surface area (Å²) in [6.07, 6.45) is 1.85. The molecule has 2 heterocycles. The number of hydrogen-bond acceptors (Lipinski definition) is 6. The Morgan fingerprint density at radius 3 is 3.00 bits per heavy atom. The number of nitrogens with two attached hydrogens (primary N) is 1. The summed E-state index contributed by atoms with van der Waals surface area (Å²) in [5.41, 5.74) is 6.33. The minimum absolute atomic E-state index is 0.0998. The van der Waals surface area contributed by atoms with Gasteiger partial charge in [0.05, 0.1) is 9.95 Å². The van der Waals surface area contributed by atoms with Crippen molar-refractivity contribution in [2.24, 2.45) is 5.73 Å². The lowest BCUT2D eigenvalue weighted by molar-refractivity contribution is -0.384. The molecular weight excluding hydrogens is 316 g/mol. The number of halogens is 1. The molecule has 0 unspecified atom stereocenters. The van der Waals surface area contributed by atoms with Crippen LogP contribution in [0.5, 0.6) is 11.6 Å². The Balaban J connectivity index is 1.98. The molecule has 3 rings (SSSR count). The third-order valence-corrected chi connectivity index (χ3v) is 3.90. The third kappa shape index (κ3) is 2.44. The van der Waals surface area contributed by atoms with E-state index in [2.05, 4.69) is 4.98 Å². The first-order chi connectivity index (χ1) is 10.1. The summed E-state index contributed by atoms with van der Waals surface area (Å²) in [7, 11) is 0. The second kappa shape index (κ2) is 5.32. The number of nitrogens with zero attached hydrogens (tertiary/aromatic N) is 3. The van der Waals surface area contributed by atoms with Crippen LogP contribution < -0.4 is 10.5 Å². The van der Waals surface area contributed by atoms with Gasteiger partial charge in [0.1, 0.15) is 11.4 Å². The van der Waals surface area contributed by atoms with Crippen LogP contribution in [0.15, 0.2) is 29.8 Å². The van der Waals surface area contributed by atoms with Crippen LogP contribution in [0.4, 0.5) is 5.69 Å². The predicted octanol–water partition coefficient (Wildman–Crippen LogP) is 3.21. The molecule has 0 aliphatic carbocycles. The maximum absolute atomic E-state index is 10.7. The van der Waals surface area contributed by atoms with Crippen molar-refractivity contribution in [3.8, 4) is 11.6 Å². The van der Waals surface area contributed by atoms with E-state index in [-0.39, 0.29) is 17.3 Å². The first-order valence-electron chi connectivity index (χ1n) is 5.86. The Kier molecular flexibility index (Phi) is 3.50. The molecule has 0 aliphatic heterocycles. The number of imidazole rings is 1. The Bertz CT molecular complexity index is 829. The molecule has 0 fully saturated rings. The van der Waals surface area contributed by atoms with Gasteiger partial charge in [0, 0.05) is 30.3 Å². The van der Waals surface area contributed by atoms with Crippen LogP contribution in [0.2, 0.25) is 5.02 Å². The molecule has 0 aliphatic rings. The van der Waals surface area contributed by atoms with E-state index in [1.807, 2.05) is 16.0 Å². The predicted molar refractivity (Wildman–Crippen MR) is 79.1 cm³/mol. The Morgan fingerprint density at radius 2 is 2.33 bits per heavy atom. The highest BCUT2D eigenvalue weighted by atomic mass is 35.5. The monoisotopic (exact) mass is 324 g/mol. The lowest BCUT2D eigenvalue weighted by Gasteiger charge is -2.06. The molecule has 7 nitrogen and oxygen atoms in total. The average molecular weight is 325 g/mol. The van der Waals surface area contributed by atoms with Crippen molar-refractivity contribution >= 4 is 33.6 Å².